The van der Waals surface area contributed by atoms with Crippen molar-refractivity contribution >= 4 is 17.6 Å². The fourth-order valence-electron chi connectivity index (χ4n) is 2.25. The summed E-state index contributed by atoms with van der Waals surface area (Å²) in [6, 6.07) is 11.2. The van der Waals surface area contributed by atoms with E-state index in [0.717, 1.165) is 5.75 Å². The van der Waals surface area contributed by atoms with Crippen molar-refractivity contribution in [1.29, 1.82) is 0 Å². The first-order chi connectivity index (χ1) is 12.9. The third-order valence-electron chi connectivity index (χ3n) is 3.37. The number of amides is 1. The topological polar surface area (TPSA) is 94.1 Å². The number of carboxylic acid groups (broad SMARTS) is 1. The molecule has 2 N–H and O–H groups in total. The van der Waals surface area contributed by atoms with Gasteiger partial charge in [-0.1, -0.05) is 0 Å². The van der Waals surface area contributed by atoms with E-state index >= 15 is 0 Å². The number of benzene rings is 2. The highest BCUT2D eigenvalue weighted by Crippen LogP contribution is 2.27. The molecular weight excluding hydrogens is 350 g/mol. The Balaban J connectivity index is 2.02. The lowest BCUT2D eigenvalue weighted by Crippen LogP contribution is -2.21. The summed E-state index contributed by atoms with van der Waals surface area (Å²) in [5, 5.41) is 11.8. The zero-order chi connectivity index (χ0) is 19.8. The molecule has 0 unspecified atom stereocenters. The van der Waals surface area contributed by atoms with Gasteiger partial charge in [-0.15, -0.1) is 0 Å². The third kappa shape index (κ3) is 6.22. The van der Waals surface area contributed by atoms with Crippen molar-refractivity contribution in [2.75, 3.05) is 18.5 Å². The van der Waals surface area contributed by atoms with Gasteiger partial charge in [0.2, 0.25) is 0 Å². The molecular formula is C20H23NO6. The molecule has 0 saturated carbocycles. The molecule has 0 bridgehead atoms. The van der Waals surface area contributed by atoms with Crippen LogP contribution in [0.3, 0.4) is 0 Å². The maximum absolute atomic E-state index is 12.2. The highest BCUT2D eigenvalue weighted by Gasteiger charge is 2.13. The van der Waals surface area contributed by atoms with Crippen LogP contribution >= 0.6 is 0 Å². The van der Waals surface area contributed by atoms with Crippen LogP contribution in [0, 0.1) is 0 Å². The minimum Gasteiger partial charge on any atom is -0.494 e. The standard InChI is InChI=1S/C20H23NO6/c1-4-25-15-6-8-16(9-7-15)26-12-19(22)21-17-11-14(20(23)24)5-10-18(17)27-13(2)3/h5-11,13H,4,12H2,1-3H3,(H,21,22)(H,23,24). The van der Waals surface area contributed by atoms with Gasteiger partial charge in [-0.25, -0.2) is 4.79 Å². The molecule has 2 aromatic carbocycles. The van der Waals surface area contributed by atoms with Crippen LogP contribution in [-0.2, 0) is 4.79 Å². The summed E-state index contributed by atoms with van der Waals surface area (Å²) >= 11 is 0. The van der Waals surface area contributed by atoms with Crippen molar-refractivity contribution in [2.45, 2.75) is 26.9 Å². The van der Waals surface area contributed by atoms with Gasteiger partial charge in [0.05, 0.1) is 24.0 Å². The Labute approximate surface area is 157 Å². The van der Waals surface area contributed by atoms with Crippen molar-refractivity contribution in [3.63, 3.8) is 0 Å². The van der Waals surface area contributed by atoms with E-state index in [1.807, 2.05) is 20.8 Å². The number of nitrogens with one attached hydrogen (secondary N) is 1. The Morgan fingerprint density at radius 2 is 1.67 bits per heavy atom. The lowest BCUT2D eigenvalue weighted by Gasteiger charge is -2.16. The second kappa shape index (κ2) is 9.47. The molecule has 2 aromatic rings. The van der Waals surface area contributed by atoms with Crippen LogP contribution < -0.4 is 19.5 Å². The minimum absolute atomic E-state index is 0.0498. The fraction of sp³-hybridized carbons (Fsp3) is 0.300. The third-order valence-corrected chi connectivity index (χ3v) is 3.37. The maximum Gasteiger partial charge on any atom is 0.335 e. The van der Waals surface area contributed by atoms with Gasteiger partial charge in [0.1, 0.15) is 17.2 Å². The first kappa shape index (κ1) is 20.1. The van der Waals surface area contributed by atoms with E-state index in [-0.39, 0.29) is 24.0 Å². The molecule has 0 aliphatic heterocycles. The van der Waals surface area contributed by atoms with Crippen LogP contribution in [0.4, 0.5) is 5.69 Å². The zero-order valence-corrected chi connectivity index (χ0v) is 15.5. The van der Waals surface area contributed by atoms with Crippen molar-refractivity contribution in [1.82, 2.24) is 0 Å². The first-order valence-electron chi connectivity index (χ1n) is 8.58. The largest absolute Gasteiger partial charge is 0.494 e. The number of hydrogen-bond donors (Lipinski definition) is 2. The highest BCUT2D eigenvalue weighted by molar-refractivity contribution is 5.96. The smallest absolute Gasteiger partial charge is 0.335 e. The number of anilines is 1. The quantitative estimate of drug-likeness (QED) is 0.698. The van der Waals surface area contributed by atoms with Crippen molar-refractivity contribution < 1.29 is 28.9 Å². The lowest BCUT2D eigenvalue weighted by atomic mass is 10.2. The van der Waals surface area contributed by atoms with Crippen LogP contribution in [0.1, 0.15) is 31.1 Å². The second-order valence-corrected chi connectivity index (χ2v) is 5.92. The molecule has 0 spiro atoms. The summed E-state index contributed by atoms with van der Waals surface area (Å²) in [6.45, 7) is 5.91. The zero-order valence-electron chi connectivity index (χ0n) is 15.5. The Morgan fingerprint density at radius 3 is 2.22 bits per heavy atom. The minimum atomic E-state index is -1.09. The number of carboxylic acids is 1. The molecule has 0 aliphatic rings. The van der Waals surface area contributed by atoms with Crippen LogP contribution in [0.5, 0.6) is 17.2 Å². The summed E-state index contributed by atoms with van der Waals surface area (Å²) in [7, 11) is 0. The summed E-state index contributed by atoms with van der Waals surface area (Å²) < 4.78 is 16.4. The van der Waals surface area contributed by atoms with Gasteiger partial charge in [-0.05, 0) is 63.2 Å². The number of hydrogen-bond acceptors (Lipinski definition) is 5. The van der Waals surface area contributed by atoms with Gasteiger partial charge < -0.3 is 24.6 Å². The van der Waals surface area contributed by atoms with Gasteiger partial charge in [-0.3, -0.25) is 4.79 Å². The predicted octanol–water partition coefficient (Wildman–Crippen LogP) is 3.59. The second-order valence-electron chi connectivity index (χ2n) is 5.92. The normalized spacial score (nSPS) is 10.4. The molecule has 0 saturated heterocycles. The van der Waals surface area contributed by atoms with E-state index in [1.165, 1.54) is 18.2 Å². The number of rotatable bonds is 9. The molecule has 0 radical (unpaired) electrons. The van der Waals surface area contributed by atoms with Crippen molar-refractivity contribution in [2.24, 2.45) is 0 Å². The van der Waals surface area contributed by atoms with Crippen molar-refractivity contribution in [3.05, 3.63) is 48.0 Å². The van der Waals surface area contributed by atoms with Gasteiger partial charge >= 0.3 is 5.97 Å². The average Bonchev–Trinajstić information content (AvgIpc) is 2.62. The van der Waals surface area contributed by atoms with E-state index in [4.69, 9.17) is 19.3 Å². The number of carbonyl (C=O) groups is 2. The molecule has 27 heavy (non-hydrogen) atoms. The monoisotopic (exact) mass is 373 g/mol. The molecule has 0 heterocycles. The summed E-state index contributed by atoms with van der Waals surface area (Å²) in [5.41, 5.74) is 0.331. The average molecular weight is 373 g/mol. The van der Waals surface area contributed by atoms with Crippen molar-refractivity contribution in [3.8, 4) is 17.2 Å². The molecule has 7 heteroatoms. The van der Waals surface area contributed by atoms with Gasteiger partial charge in [0.15, 0.2) is 6.61 Å². The summed E-state index contributed by atoms with van der Waals surface area (Å²) in [5.74, 6) is 0.110. The van der Waals surface area contributed by atoms with Crippen LogP contribution in [0.25, 0.3) is 0 Å². The molecule has 0 aliphatic carbocycles. The Hall–Kier alpha value is -3.22. The highest BCUT2D eigenvalue weighted by atomic mass is 16.5. The van der Waals surface area contributed by atoms with Gasteiger partial charge in [0.25, 0.3) is 5.91 Å². The molecule has 0 fully saturated rings. The Morgan fingerprint density at radius 1 is 1.04 bits per heavy atom. The number of ether oxygens (including phenoxy) is 3. The number of aromatic carboxylic acids is 1. The molecule has 0 atom stereocenters. The summed E-state index contributed by atoms with van der Waals surface area (Å²) in [6.07, 6.45) is -0.128. The fourth-order valence-corrected chi connectivity index (χ4v) is 2.25. The maximum atomic E-state index is 12.2. The van der Waals surface area contributed by atoms with E-state index in [2.05, 4.69) is 5.32 Å². The Kier molecular flexibility index (Phi) is 7.05. The predicted molar refractivity (Wildman–Crippen MR) is 101 cm³/mol. The molecule has 144 valence electrons. The molecule has 1 amide bonds. The first-order valence-corrected chi connectivity index (χ1v) is 8.58. The number of carbonyl (C=O) groups excluding carboxylic acids is 1. The van der Waals surface area contributed by atoms with E-state index in [9.17, 15) is 9.59 Å². The molecule has 7 nitrogen and oxygen atoms in total. The SMILES string of the molecule is CCOc1ccc(OCC(=O)Nc2cc(C(=O)O)ccc2OC(C)C)cc1. The molecule has 0 aromatic heterocycles. The lowest BCUT2D eigenvalue weighted by molar-refractivity contribution is -0.118. The summed E-state index contributed by atoms with van der Waals surface area (Å²) in [4.78, 5) is 23.4. The van der Waals surface area contributed by atoms with Gasteiger partial charge in [0, 0.05) is 0 Å². The van der Waals surface area contributed by atoms with Gasteiger partial charge in [-0.2, -0.15) is 0 Å². The Bertz CT molecular complexity index is 786. The van der Waals surface area contributed by atoms with E-state index in [0.29, 0.717) is 18.1 Å². The van der Waals surface area contributed by atoms with E-state index < -0.39 is 11.9 Å². The van der Waals surface area contributed by atoms with Crippen LogP contribution in [0.2, 0.25) is 0 Å². The van der Waals surface area contributed by atoms with E-state index in [1.54, 1.807) is 24.3 Å². The van der Waals surface area contributed by atoms with Crippen LogP contribution in [0.15, 0.2) is 42.5 Å². The molecule has 2 rings (SSSR count). The van der Waals surface area contributed by atoms with Crippen LogP contribution in [-0.4, -0.2) is 36.3 Å².